The Morgan fingerprint density at radius 3 is 2.15 bits per heavy atom. The van der Waals surface area contributed by atoms with E-state index in [9.17, 15) is 29.7 Å². The maximum absolute atomic E-state index is 12.6. The molecule has 7 atom stereocenters. The Labute approximate surface area is 154 Å². The average molecular weight is 395 g/mol. The van der Waals surface area contributed by atoms with E-state index in [-0.39, 0.29) is 5.75 Å². The number of carbonyl (C=O) groups is 3. The monoisotopic (exact) mass is 395 g/mol. The number of likely N-dealkylation sites (N-methyl/N-ethyl adjacent to an activating group) is 1. The first kappa shape index (κ1) is 22.6. The second-order valence-electron chi connectivity index (χ2n) is 5.82. The smallest absolute Gasteiger partial charge is 0.327 e. The van der Waals surface area contributed by atoms with Gasteiger partial charge < -0.3 is 41.1 Å². The molecule has 0 aromatic heterocycles. The van der Waals surface area contributed by atoms with Crippen molar-refractivity contribution in [3.8, 4) is 0 Å². The molecule has 2 amide bonds. The lowest BCUT2D eigenvalue weighted by Gasteiger charge is -2.28. The van der Waals surface area contributed by atoms with Crippen molar-refractivity contribution in [3.63, 3.8) is 0 Å². The molecule has 1 heterocycles. The van der Waals surface area contributed by atoms with Crippen LogP contribution in [-0.2, 0) is 19.1 Å². The van der Waals surface area contributed by atoms with Crippen molar-refractivity contribution in [2.45, 2.75) is 49.7 Å². The summed E-state index contributed by atoms with van der Waals surface area (Å²) in [6, 6.07) is -3.45. The zero-order valence-corrected chi connectivity index (χ0v) is 15.4. The Balaban J connectivity index is 3.01. The molecule has 0 spiro atoms. The minimum absolute atomic E-state index is 0.0774. The highest BCUT2D eigenvalue weighted by atomic mass is 32.2. The fourth-order valence-corrected chi connectivity index (χ4v) is 2.83. The summed E-state index contributed by atoms with van der Waals surface area (Å²) in [6.07, 6.45) is -4.88. The van der Waals surface area contributed by atoms with Crippen molar-refractivity contribution >= 4 is 29.5 Å². The third-order valence-electron chi connectivity index (χ3n) is 3.96. The lowest BCUT2D eigenvalue weighted by Crippen LogP contribution is -2.61. The van der Waals surface area contributed by atoms with E-state index < -0.39 is 60.5 Å². The molecule has 1 aliphatic rings. The molecule has 0 bridgehead atoms. The molecule has 1 fully saturated rings. The molecule has 0 aromatic rings. The first-order chi connectivity index (χ1) is 12.1. The number of carbonyl (C=O) groups excluding carboxylic acids is 2. The molecular weight excluding hydrogens is 370 g/mol. The van der Waals surface area contributed by atoms with Crippen LogP contribution in [-0.4, -0.2) is 100.0 Å². The number of rotatable bonds is 9. The highest BCUT2D eigenvalue weighted by molar-refractivity contribution is 7.98. The van der Waals surface area contributed by atoms with Crippen molar-refractivity contribution in [3.05, 3.63) is 0 Å². The Morgan fingerprint density at radius 2 is 1.73 bits per heavy atom. The van der Waals surface area contributed by atoms with E-state index in [4.69, 9.17) is 9.84 Å². The third-order valence-corrected chi connectivity index (χ3v) is 4.62. The second-order valence-corrected chi connectivity index (χ2v) is 6.73. The van der Waals surface area contributed by atoms with Crippen molar-refractivity contribution in [2.75, 3.05) is 19.1 Å². The number of aliphatic hydroxyl groups excluding tert-OH is 3. The zero-order chi connectivity index (χ0) is 20.0. The number of aliphatic hydroxyl groups is 3. The first-order valence-electron chi connectivity index (χ1n) is 7.83. The van der Waals surface area contributed by atoms with Crippen LogP contribution in [0.15, 0.2) is 0 Å². The molecule has 1 aliphatic heterocycles. The van der Waals surface area contributed by atoms with Crippen LogP contribution in [0.25, 0.3) is 0 Å². The normalized spacial score (nSPS) is 28.8. The van der Waals surface area contributed by atoms with Gasteiger partial charge in [-0.15, -0.1) is 0 Å². The number of ether oxygens (including phenoxy) is 1. The van der Waals surface area contributed by atoms with Crippen LogP contribution in [0.4, 0.5) is 0 Å². The average Bonchev–Trinajstić information content (AvgIpc) is 2.85. The van der Waals surface area contributed by atoms with Gasteiger partial charge in [-0.1, -0.05) is 0 Å². The highest BCUT2D eigenvalue weighted by Gasteiger charge is 2.49. The number of carboxylic acids is 1. The van der Waals surface area contributed by atoms with Gasteiger partial charge in [0.15, 0.2) is 6.29 Å². The Morgan fingerprint density at radius 1 is 1.12 bits per heavy atom. The van der Waals surface area contributed by atoms with Gasteiger partial charge in [0.05, 0.1) is 6.04 Å². The van der Waals surface area contributed by atoms with Crippen molar-refractivity contribution in [1.82, 2.24) is 16.0 Å². The van der Waals surface area contributed by atoms with E-state index in [1.165, 1.54) is 25.7 Å². The molecule has 0 radical (unpaired) electrons. The molecule has 0 saturated carbocycles. The fourth-order valence-electron chi connectivity index (χ4n) is 2.27. The Kier molecular flexibility index (Phi) is 8.73. The molecule has 0 aromatic carbocycles. The molecule has 1 rings (SSSR count). The predicted molar refractivity (Wildman–Crippen MR) is 91.3 cm³/mol. The molecule has 26 heavy (non-hydrogen) atoms. The number of amides is 2. The molecule has 11 nitrogen and oxygen atoms in total. The van der Waals surface area contributed by atoms with Crippen LogP contribution in [0.5, 0.6) is 0 Å². The summed E-state index contributed by atoms with van der Waals surface area (Å²) in [7, 11) is 1.52. The van der Waals surface area contributed by atoms with Gasteiger partial charge in [-0.25, -0.2) is 4.79 Å². The quantitative estimate of drug-likeness (QED) is 0.207. The predicted octanol–water partition coefficient (Wildman–Crippen LogP) is -3.55. The van der Waals surface area contributed by atoms with E-state index in [0.717, 1.165) is 0 Å². The standard InChI is InChI=1S/C14H25N3O8S/c1-5(15-2)11(20)17-7(10-8(18)9(19)14(24)25-10)12(21)16-6(4-26-3)13(22)23/h5-10,14-15,18-19,24H,4H2,1-3H3,(H,16,21)(H,17,20)(H,22,23)/t5-,6-,7+,8+,9+,10?,14-/m0/s1. The van der Waals surface area contributed by atoms with E-state index >= 15 is 0 Å². The van der Waals surface area contributed by atoms with Gasteiger partial charge in [-0.2, -0.15) is 11.8 Å². The second kappa shape index (κ2) is 10.0. The zero-order valence-electron chi connectivity index (χ0n) is 14.6. The summed E-state index contributed by atoms with van der Waals surface area (Å²) < 4.78 is 4.99. The van der Waals surface area contributed by atoms with Crippen LogP contribution in [0.1, 0.15) is 6.92 Å². The SMILES string of the molecule is CN[C@@H](C)C(=O)N[C@@H](C(=O)N[C@@H](CSC)C(=O)O)C1O[C@H](O)[C@H](O)[C@H]1O. The minimum atomic E-state index is -1.75. The first-order valence-corrected chi connectivity index (χ1v) is 9.22. The molecule has 150 valence electrons. The maximum Gasteiger partial charge on any atom is 0.327 e. The molecular formula is C14H25N3O8S. The molecule has 0 aliphatic carbocycles. The lowest BCUT2D eigenvalue weighted by molar-refractivity contribution is -0.149. The van der Waals surface area contributed by atoms with Crippen LogP contribution in [0, 0.1) is 0 Å². The summed E-state index contributed by atoms with van der Waals surface area (Å²) in [5, 5.41) is 45.6. The molecule has 1 unspecified atom stereocenters. The summed E-state index contributed by atoms with van der Waals surface area (Å²) in [5.41, 5.74) is 0. The minimum Gasteiger partial charge on any atom is -0.480 e. The van der Waals surface area contributed by atoms with Gasteiger partial charge in [0.2, 0.25) is 11.8 Å². The van der Waals surface area contributed by atoms with Gasteiger partial charge in [0.25, 0.3) is 0 Å². The van der Waals surface area contributed by atoms with Crippen molar-refractivity contribution in [1.29, 1.82) is 0 Å². The summed E-state index contributed by atoms with van der Waals surface area (Å²) in [5.74, 6) is -2.73. The number of carboxylic acid groups (broad SMARTS) is 1. The third kappa shape index (κ3) is 5.53. The summed E-state index contributed by atoms with van der Waals surface area (Å²) in [4.78, 5) is 35.9. The van der Waals surface area contributed by atoms with E-state index in [1.54, 1.807) is 6.26 Å². The topological polar surface area (TPSA) is 177 Å². The number of nitrogens with one attached hydrogen (secondary N) is 3. The van der Waals surface area contributed by atoms with E-state index in [1.807, 2.05) is 0 Å². The van der Waals surface area contributed by atoms with Gasteiger partial charge >= 0.3 is 5.97 Å². The maximum atomic E-state index is 12.6. The fraction of sp³-hybridized carbons (Fsp3) is 0.786. The Hall–Kier alpha value is -1.44. The number of hydrogen-bond acceptors (Lipinski definition) is 9. The number of thioether (sulfide) groups is 1. The number of aliphatic carboxylic acids is 1. The molecule has 1 saturated heterocycles. The van der Waals surface area contributed by atoms with Gasteiger partial charge in [-0.05, 0) is 20.2 Å². The molecule has 7 N–H and O–H groups in total. The lowest BCUT2D eigenvalue weighted by atomic mass is 10.0. The van der Waals surface area contributed by atoms with Crippen LogP contribution >= 0.6 is 11.8 Å². The van der Waals surface area contributed by atoms with E-state index in [0.29, 0.717) is 0 Å². The van der Waals surface area contributed by atoms with Crippen LogP contribution in [0.3, 0.4) is 0 Å². The summed E-state index contributed by atoms with van der Waals surface area (Å²) >= 11 is 1.19. The number of hydrogen-bond donors (Lipinski definition) is 7. The van der Waals surface area contributed by atoms with Gasteiger partial charge in [-0.3, -0.25) is 9.59 Å². The van der Waals surface area contributed by atoms with Crippen molar-refractivity contribution < 1.29 is 39.5 Å². The van der Waals surface area contributed by atoms with Gasteiger partial charge in [0.1, 0.15) is 30.4 Å². The van der Waals surface area contributed by atoms with Crippen LogP contribution in [0.2, 0.25) is 0 Å². The Bertz CT molecular complexity index is 522. The van der Waals surface area contributed by atoms with Gasteiger partial charge in [0, 0.05) is 5.75 Å². The molecule has 12 heteroatoms. The summed E-state index contributed by atoms with van der Waals surface area (Å²) in [6.45, 7) is 1.52. The highest BCUT2D eigenvalue weighted by Crippen LogP contribution is 2.22. The van der Waals surface area contributed by atoms with Crippen LogP contribution < -0.4 is 16.0 Å². The largest absolute Gasteiger partial charge is 0.480 e. The van der Waals surface area contributed by atoms with Crippen molar-refractivity contribution in [2.24, 2.45) is 0 Å². The van der Waals surface area contributed by atoms with E-state index in [2.05, 4.69) is 16.0 Å².